The molecule has 2 aliphatic heterocycles. The molecule has 2 aromatic heterocycles. The summed E-state index contributed by atoms with van der Waals surface area (Å²) in [5.41, 5.74) is 4.01. The Morgan fingerprint density at radius 3 is 2.27 bits per heavy atom. The number of rotatable bonds is 18. The summed E-state index contributed by atoms with van der Waals surface area (Å²) in [4.78, 5) is 53.1. The maximum absolute atomic E-state index is 13.8. The van der Waals surface area contributed by atoms with Crippen LogP contribution in [0.5, 0.6) is 0 Å². The molecule has 13 nitrogen and oxygen atoms in total. The van der Waals surface area contributed by atoms with Crippen molar-refractivity contribution in [2.45, 2.75) is 19.0 Å². The summed E-state index contributed by atoms with van der Waals surface area (Å²) in [5.74, 6) is -0.445. The summed E-state index contributed by atoms with van der Waals surface area (Å²) in [6.45, 7) is 7.29. The quantitative estimate of drug-likeness (QED) is 0.143. The Balaban J connectivity index is 0.968. The van der Waals surface area contributed by atoms with Gasteiger partial charge in [-0.2, -0.15) is 0 Å². The number of carboxylic acids is 1. The van der Waals surface area contributed by atoms with Crippen molar-refractivity contribution >= 4 is 40.1 Å². The van der Waals surface area contributed by atoms with E-state index >= 15 is 0 Å². The maximum Gasteiger partial charge on any atom is 0.305 e. The van der Waals surface area contributed by atoms with Crippen LogP contribution in [0, 0.1) is 0 Å². The van der Waals surface area contributed by atoms with E-state index in [1.165, 1.54) is 11.3 Å². The zero-order valence-corrected chi connectivity index (χ0v) is 29.1. The van der Waals surface area contributed by atoms with E-state index in [4.69, 9.17) is 24.3 Å². The minimum Gasteiger partial charge on any atom is -0.481 e. The van der Waals surface area contributed by atoms with E-state index in [-0.39, 0.29) is 24.8 Å². The van der Waals surface area contributed by atoms with Crippen LogP contribution in [0.4, 0.5) is 10.9 Å². The van der Waals surface area contributed by atoms with Gasteiger partial charge in [-0.1, -0.05) is 42.5 Å². The Morgan fingerprint density at radius 2 is 1.59 bits per heavy atom. The highest BCUT2D eigenvalue weighted by molar-refractivity contribution is 7.13. The number of amides is 2. The van der Waals surface area contributed by atoms with Crippen molar-refractivity contribution in [3.63, 3.8) is 0 Å². The number of pyridine rings is 1. The van der Waals surface area contributed by atoms with E-state index < -0.39 is 12.0 Å². The summed E-state index contributed by atoms with van der Waals surface area (Å²) in [6, 6.07) is 18.5. The third-order valence-electron chi connectivity index (χ3n) is 8.81. The molecule has 2 aliphatic rings. The number of anilines is 2. The van der Waals surface area contributed by atoms with Gasteiger partial charge in [0.05, 0.1) is 46.1 Å². The monoisotopic (exact) mass is 714 g/mol. The summed E-state index contributed by atoms with van der Waals surface area (Å²) in [7, 11) is 0. The van der Waals surface area contributed by atoms with Crippen molar-refractivity contribution in [3.8, 4) is 11.1 Å². The molecule has 0 saturated carbocycles. The molecule has 2 aromatic carbocycles. The average Bonchev–Trinajstić information content (AvgIpc) is 3.78. The molecule has 6 rings (SSSR count). The van der Waals surface area contributed by atoms with Gasteiger partial charge in [-0.3, -0.25) is 24.6 Å². The second-order valence-electron chi connectivity index (χ2n) is 12.2. The number of nitrogens with one attached hydrogen (secondary N) is 1. The lowest BCUT2D eigenvalue weighted by molar-refractivity contribution is -0.138. The number of hydrogen-bond acceptors (Lipinski definition) is 11. The molecule has 1 atom stereocenters. The fourth-order valence-corrected chi connectivity index (χ4v) is 6.65. The Kier molecular flexibility index (Phi) is 12.7. The van der Waals surface area contributed by atoms with Gasteiger partial charge in [0, 0.05) is 68.2 Å². The van der Waals surface area contributed by atoms with Gasteiger partial charge >= 0.3 is 5.97 Å². The fraction of sp³-hybridized carbons (Fsp3) is 0.378. The molecule has 2 amide bonds. The SMILES string of the molecule is O=C(O)CCOCCOCCOCCN1CCN(c2ccc(-c3ccc4c(c3)C(=O)N(C(C(=O)Nc3nccs3)c3ccccc3)C4)cn2)CC1. The molecule has 0 bridgehead atoms. The Hall–Kier alpha value is -4.73. The van der Waals surface area contributed by atoms with Crippen LogP contribution in [-0.2, 0) is 30.3 Å². The van der Waals surface area contributed by atoms with E-state index in [1.54, 1.807) is 16.5 Å². The molecule has 0 spiro atoms. The first-order chi connectivity index (χ1) is 25.0. The van der Waals surface area contributed by atoms with Crippen LogP contribution in [0.25, 0.3) is 11.1 Å². The number of fused-ring (bicyclic) bond motifs is 1. The lowest BCUT2D eigenvalue weighted by Crippen LogP contribution is -2.47. The molecule has 1 unspecified atom stereocenters. The number of carboxylic acid groups (broad SMARTS) is 1. The standard InChI is InChI=1S/C37H42N6O7S/c44-33(45)10-17-48-19-21-50-22-20-49-18-16-41-12-14-42(15-13-41)32-9-8-29(25-39-32)28-6-7-30-26-43(36(47)31(30)24-28)34(27-4-2-1-3-5-27)35(46)40-37-38-11-23-51-37/h1-9,11,23-25,34H,10,12-22,26H2,(H,44,45)(H,38,40,46). The van der Waals surface area contributed by atoms with E-state index in [1.807, 2.05) is 66.9 Å². The van der Waals surface area contributed by atoms with Crippen molar-refractivity contribution in [2.75, 3.05) is 82.6 Å². The molecule has 2 N–H and O–H groups in total. The molecule has 1 fully saturated rings. The normalized spacial score (nSPS) is 15.2. The van der Waals surface area contributed by atoms with Crippen LogP contribution >= 0.6 is 11.3 Å². The van der Waals surface area contributed by atoms with E-state index in [0.29, 0.717) is 50.3 Å². The summed E-state index contributed by atoms with van der Waals surface area (Å²) in [6.07, 6.45) is 3.48. The highest BCUT2D eigenvalue weighted by atomic mass is 32.1. The largest absolute Gasteiger partial charge is 0.481 e. The van der Waals surface area contributed by atoms with Crippen LogP contribution in [-0.4, -0.2) is 115 Å². The first-order valence-corrected chi connectivity index (χ1v) is 17.9. The van der Waals surface area contributed by atoms with Gasteiger partial charge in [0.15, 0.2) is 5.13 Å². The van der Waals surface area contributed by atoms with Crippen molar-refractivity contribution in [3.05, 3.63) is 95.1 Å². The van der Waals surface area contributed by atoms with Crippen LogP contribution in [0.2, 0.25) is 0 Å². The first kappa shape index (κ1) is 36.1. The van der Waals surface area contributed by atoms with E-state index in [9.17, 15) is 14.4 Å². The summed E-state index contributed by atoms with van der Waals surface area (Å²) >= 11 is 1.33. The second-order valence-corrected chi connectivity index (χ2v) is 13.1. The topological polar surface area (TPSA) is 147 Å². The molecular weight excluding hydrogens is 673 g/mol. The second kappa shape index (κ2) is 18.0. The minimum absolute atomic E-state index is 0.00306. The zero-order chi connectivity index (χ0) is 35.4. The number of nitrogens with zero attached hydrogens (tertiary/aromatic N) is 5. The third-order valence-corrected chi connectivity index (χ3v) is 9.50. The third kappa shape index (κ3) is 9.74. The number of aromatic nitrogens is 2. The van der Waals surface area contributed by atoms with Gasteiger partial charge < -0.3 is 29.1 Å². The highest BCUT2D eigenvalue weighted by Gasteiger charge is 2.38. The molecule has 268 valence electrons. The summed E-state index contributed by atoms with van der Waals surface area (Å²) in [5, 5.41) is 13.8. The molecule has 4 heterocycles. The molecule has 1 saturated heterocycles. The fourth-order valence-electron chi connectivity index (χ4n) is 6.12. The number of carbonyl (C=O) groups is 3. The van der Waals surface area contributed by atoms with Gasteiger partial charge in [-0.15, -0.1) is 11.3 Å². The van der Waals surface area contributed by atoms with Crippen LogP contribution in [0.1, 0.15) is 33.9 Å². The summed E-state index contributed by atoms with van der Waals surface area (Å²) < 4.78 is 16.3. The Labute approximate surface area is 300 Å². The Bertz CT molecular complexity index is 1730. The molecular formula is C37H42N6O7S. The number of benzene rings is 2. The van der Waals surface area contributed by atoms with Gasteiger partial charge in [0.2, 0.25) is 0 Å². The van der Waals surface area contributed by atoms with Crippen LogP contribution < -0.4 is 10.2 Å². The highest BCUT2D eigenvalue weighted by Crippen LogP contribution is 2.35. The first-order valence-electron chi connectivity index (χ1n) is 17.0. The average molecular weight is 715 g/mol. The number of thiazole rings is 1. The molecule has 51 heavy (non-hydrogen) atoms. The van der Waals surface area contributed by atoms with E-state index in [0.717, 1.165) is 60.8 Å². The number of hydrogen-bond donors (Lipinski definition) is 2. The molecule has 14 heteroatoms. The van der Waals surface area contributed by atoms with E-state index in [2.05, 4.69) is 20.1 Å². The zero-order valence-electron chi connectivity index (χ0n) is 28.3. The number of aliphatic carboxylic acids is 1. The smallest absolute Gasteiger partial charge is 0.305 e. The van der Waals surface area contributed by atoms with Crippen molar-refractivity contribution in [1.29, 1.82) is 0 Å². The lowest BCUT2D eigenvalue weighted by Gasteiger charge is -2.35. The number of carbonyl (C=O) groups excluding carboxylic acids is 2. The number of piperazine rings is 1. The predicted molar refractivity (Wildman–Crippen MR) is 193 cm³/mol. The number of ether oxygens (including phenoxy) is 3. The van der Waals surface area contributed by atoms with Gasteiger partial charge in [-0.05, 0) is 34.9 Å². The maximum atomic E-state index is 13.8. The Morgan fingerprint density at radius 1 is 0.863 bits per heavy atom. The molecule has 0 radical (unpaired) electrons. The van der Waals surface area contributed by atoms with Crippen LogP contribution in [0.15, 0.2) is 78.4 Å². The van der Waals surface area contributed by atoms with Crippen molar-refractivity contribution < 1.29 is 33.7 Å². The predicted octanol–water partition coefficient (Wildman–Crippen LogP) is 4.19. The van der Waals surface area contributed by atoms with Crippen molar-refractivity contribution in [1.82, 2.24) is 19.8 Å². The van der Waals surface area contributed by atoms with Gasteiger partial charge in [0.25, 0.3) is 11.8 Å². The van der Waals surface area contributed by atoms with Gasteiger partial charge in [-0.25, -0.2) is 9.97 Å². The van der Waals surface area contributed by atoms with Gasteiger partial charge in [0.1, 0.15) is 11.9 Å². The van der Waals surface area contributed by atoms with Crippen molar-refractivity contribution in [2.24, 2.45) is 0 Å². The molecule has 4 aromatic rings. The minimum atomic E-state index is -0.871. The van der Waals surface area contributed by atoms with Crippen LogP contribution in [0.3, 0.4) is 0 Å². The lowest BCUT2D eigenvalue weighted by atomic mass is 10.0. The molecule has 0 aliphatic carbocycles.